The summed E-state index contributed by atoms with van der Waals surface area (Å²) in [6.07, 6.45) is 8.93. The van der Waals surface area contributed by atoms with Crippen LogP contribution in [0.1, 0.15) is 38.5 Å². The maximum atomic E-state index is 2.44. The van der Waals surface area contributed by atoms with Crippen LogP contribution in [0.2, 0.25) is 0 Å². The van der Waals surface area contributed by atoms with Crippen LogP contribution >= 0.6 is 0 Å². The van der Waals surface area contributed by atoms with E-state index in [0.717, 1.165) is 12.1 Å². The summed E-state index contributed by atoms with van der Waals surface area (Å²) in [5, 5.41) is 0. The Morgan fingerprint density at radius 3 is 1.36 bits per heavy atom. The second-order valence-corrected chi connectivity index (χ2v) is 4.80. The Hall–Kier alpha value is -0.0400. The number of nitrogens with zero attached hydrogens (tertiary/aromatic N) is 1. The monoisotopic (exact) mass is 154 g/mol. The number of hydrogen-bond donors (Lipinski definition) is 0. The first-order valence-electron chi connectivity index (χ1n) is 5.04. The van der Waals surface area contributed by atoms with Crippen molar-refractivity contribution in [2.24, 2.45) is 0 Å². The third-order valence-electron chi connectivity index (χ3n) is 4.03. The SMILES string of the molecule is C[N+](C)(C1CCC1)C1CCC1. The topological polar surface area (TPSA) is 0 Å². The summed E-state index contributed by atoms with van der Waals surface area (Å²) in [5.41, 5.74) is 0. The first-order chi connectivity index (χ1) is 5.21. The van der Waals surface area contributed by atoms with Crippen molar-refractivity contribution < 1.29 is 4.48 Å². The molecule has 0 aromatic rings. The van der Waals surface area contributed by atoms with Crippen LogP contribution in [0.5, 0.6) is 0 Å². The van der Waals surface area contributed by atoms with Crippen molar-refractivity contribution in [3.63, 3.8) is 0 Å². The molecule has 0 atom stereocenters. The Morgan fingerprint density at radius 2 is 1.18 bits per heavy atom. The summed E-state index contributed by atoms with van der Waals surface area (Å²) in [6.45, 7) is 0. The average Bonchev–Trinajstić information content (AvgIpc) is 1.46. The van der Waals surface area contributed by atoms with E-state index in [9.17, 15) is 0 Å². The molecule has 0 bridgehead atoms. The highest BCUT2D eigenvalue weighted by Crippen LogP contribution is 2.37. The molecule has 11 heavy (non-hydrogen) atoms. The molecule has 2 saturated carbocycles. The summed E-state index contributed by atoms with van der Waals surface area (Å²) < 4.78 is 1.33. The van der Waals surface area contributed by atoms with Crippen LogP contribution in [0.25, 0.3) is 0 Å². The highest BCUT2D eigenvalue weighted by Gasteiger charge is 2.42. The van der Waals surface area contributed by atoms with Gasteiger partial charge in [-0.25, -0.2) is 0 Å². The van der Waals surface area contributed by atoms with Crippen molar-refractivity contribution in [1.29, 1.82) is 0 Å². The lowest BCUT2D eigenvalue weighted by atomic mass is 9.83. The van der Waals surface area contributed by atoms with Crippen LogP contribution in [0.4, 0.5) is 0 Å². The molecule has 0 spiro atoms. The normalized spacial score (nSPS) is 27.8. The quantitative estimate of drug-likeness (QED) is 0.535. The zero-order valence-corrected chi connectivity index (χ0v) is 7.84. The van der Waals surface area contributed by atoms with E-state index in [-0.39, 0.29) is 0 Å². The minimum Gasteiger partial charge on any atom is -0.324 e. The molecule has 2 aliphatic carbocycles. The third kappa shape index (κ3) is 1.10. The molecule has 1 nitrogen and oxygen atoms in total. The third-order valence-corrected chi connectivity index (χ3v) is 4.03. The van der Waals surface area contributed by atoms with Gasteiger partial charge in [-0.3, -0.25) is 0 Å². The predicted octanol–water partition coefficient (Wildman–Crippen LogP) is 2.17. The van der Waals surface area contributed by atoms with Gasteiger partial charge >= 0.3 is 0 Å². The van der Waals surface area contributed by atoms with Crippen molar-refractivity contribution in [2.45, 2.75) is 50.6 Å². The van der Waals surface area contributed by atoms with E-state index in [0.29, 0.717) is 0 Å². The molecule has 1 heteroatoms. The lowest BCUT2D eigenvalue weighted by molar-refractivity contribution is -0.949. The molecule has 0 aromatic heterocycles. The molecule has 0 N–H and O–H groups in total. The van der Waals surface area contributed by atoms with E-state index in [1.165, 1.54) is 43.0 Å². The second-order valence-electron chi connectivity index (χ2n) is 4.80. The predicted molar refractivity (Wildman–Crippen MR) is 47.4 cm³/mol. The molecule has 0 unspecified atom stereocenters. The molecular weight excluding hydrogens is 134 g/mol. The van der Waals surface area contributed by atoms with Gasteiger partial charge in [0.05, 0.1) is 26.2 Å². The molecule has 2 fully saturated rings. The molecule has 2 aliphatic rings. The van der Waals surface area contributed by atoms with Crippen molar-refractivity contribution >= 4 is 0 Å². The second kappa shape index (κ2) is 2.48. The van der Waals surface area contributed by atoms with E-state index in [1.54, 1.807) is 0 Å². The van der Waals surface area contributed by atoms with Crippen LogP contribution < -0.4 is 0 Å². The van der Waals surface area contributed by atoms with Crippen molar-refractivity contribution in [3.05, 3.63) is 0 Å². The molecule has 0 amide bonds. The minimum atomic E-state index is 1.01. The van der Waals surface area contributed by atoms with Gasteiger partial charge in [-0.15, -0.1) is 0 Å². The molecular formula is C10H20N+. The first kappa shape index (κ1) is 7.60. The highest BCUT2D eigenvalue weighted by molar-refractivity contribution is 4.77. The fourth-order valence-corrected chi connectivity index (χ4v) is 2.40. The van der Waals surface area contributed by atoms with Gasteiger partial charge in [-0.1, -0.05) is 0 Å². The average molecular weight is 154 g/mol. The van der Waals surface area contributed by atoms with Gasteiger partial charge in [0, 0.05) is 0 Å². The van der Waals surface area contributed by atoms with E-state index < -0.39 is 0 Å². The van der Waals surface area contributed by atoms with Crippen molar-refractivity contribution in [2.75, 3.05) is 14.1 Å². The Bertz CT molecular complexity index is 127. The van der Waals surface area contributed by atoms with Crippen LogP contribution in [-0.4, -0.2) is 30.7 Å². The summed E-state index contributed by atoms with van der Waals surface area (Å²) in [5.74, 6) is 0. The summed E-state index contributed by atoms with van der Waals surface area (Å²) >= 11 is 0. The van der Waals surface area contributed by atoms with E-state index in [1.807, 2.05) is 0 Å². The summed E-state index contributed by atoms with van der Waals surface area (Å²) in [7, 11) is 4.88. The van der Waals surface area contributed by atoms with Gasteiger partial charge in [0.1, 0.15) is 0 Å². The first-order valence-corrected chi connectivity index (χ1v) is 5.04. The Kier molecular flexibility index (Phi) is 1.71. The molecule has 0 heterocycles. The van der Waals surface area contributed by atoms with E-state index >= 15 is 0 Å². The lowest BCUT2D eigenvalue weighted by Crippen LogP contribution is -2.60. The number of quaternary nitrogens is 1. The largest absolute Gasteiger partial charge is 0.324 e. The van der Waals surface area contributed by atoms with Crippen molar-refractivity contribution in [1.82, 2.24) is 0 Å². The summed E-state index contributed by atoms with van der Waals surface area (Å²) in [6, 6.07) is 2.03. The zero-order valence-electron chi connectivity index (χ0n) is 7.84. The Morgan fingerprint density at radius 1 is 0.818 bits per heavy atom. The fourth-order valence-electron chi connectivity index (χ4n) is 2.40. The molecule has 0 aromatic carbocycles. The van der Waals surface area contributed by atoms with E-state index in [2.05, 4.69) is 14.1 Å². The van der Waals surface area contributed by atoms with Crippen LogP contribution in [-0.2, 0) is 0 Å². The van der Waals surface area contributed by atoms with Gasteiger partial charge in [-0.05, 0) is 38.5 Å². The van der Waals surface area contributed by atoms with Crippen molar-refractivity contribution in [3.8, 4) is 0 Å². The maximum absolute atomic E-state index is 2.44. The maximum Gasteiger partial charge on any atom is 0.0888 e. The smallest absolute Gasteiger partial charge is 0.0888 e. The number of hydrogen-bond acceptors (Lipinski definition) is 0. The Labute approximate surface area is 70.0 Å². The minimum absolute atomic E-state index is 1.01. The molecule has 64 valence electrons. The van der Waals surface area contributed by atoms with Crippen LogP contribution in [0, 0.1) is 0 Å². The van der Waals surface area contributed by atoms with Gasteiger partial charge in [-0.2, -0.15) is 0 Å². The molecule has 0 aliphatic heterocycles. The van der Waals surface area contributed by atoms with Gasteiger partial charge in [0.25, 0.3) is 0 Å². The fraction of sp³-hybridized carbons (Fsp3) is 1.00. The molecule has 0 saturated heterocycles. The van der Waals surface area contributed by atoms with Gasteiger partial charge in [0.2, 0.25) is 0 Å². The molecule has 0 radical (unpaired) electrons. The Balaban J connectivity index is 1.95. The highest BCUT2D eigenvalue weighted by atomic mass is 15.4. The van der Waals surface area contributed by atoms with Crippen LogP contribution in [0.15, 0.2) is 0 Å². The standard InChI is InChI=1S/C10H20N/c1-11(2,9-5-3-6-9)10-7-4-8-10/h9-10H,3-8H2,1-2H3/q+1. The molecule has 2 rings (SSSR count). The zero-order chi connectivity index (χ0) is 7.90. The van der Waals surface area contributed by atoms with Gasteiger partial charge < -0.3 is 4.48 Å². The van der Waals surface area contributed by atoms with Gasteiger partial charge in [0.15, 0.2) is 0 Å². The lowest BCUT2D eigenvalue weighted by Gasteiger charge is -2.51. The van der Waals surface area contributed by atoms with E-state index in [4.69, 9.17) is 0 Å². The summed E-state index contributed by atoms with van der Waals surface area (Å²) in [4.78, 5) is 0. The number of rotatable bonds is 2. The van der Waals surface area contributed by atoms with Crippen LogP contribution in [0.3, 0.4) is 0 Å².